The fourth-order valence-electron chi connectivity index (χ4n) is 2.20. The van der Waals surface area contributed by atoms with Gasteiger partial charge in [-0.3, -0.25) is 4.79 Å². The third kappa shape index (κ3) is 3.22. The van der Waals surface area contributed by atoms with Gasteiger partial charge < -0.3 is 4.98 Å². The largest absolute Gasteiger partial charge is 0.350 e. The van der Waals surface area contributed by atoms with Crippen molar-refractivity contribution in [2.45, 2.75) is 17.2 Å². The number of aromatic nitrogens is 1. The van der Waals surface area contributed by atoms with E-state index in [-0.39, 0.29) is 11.0 Å². The molecule has 0 saturated heterocycles. The number of fused-ring (bicyclic) bond motifs is 1. The van der Waals surface area contributed by atoms with Crippen molar-refractivity contribution in [1.82, 2.24) is 4.98 Å². The van der Waals surface area contributed by atoms with Gasteiger partial charge in [0.2, 0.25) is 0 Å². The van der Waals surface area contributed by atoms with Crippen LogP contribution < -0.4 is 0 Å². The Morgan fingerprint density at radius 3 is 2.57 bits per heavy atom. The lowest BCUT2D eigenvalue weighted by molar-refractivity contribution is 0.0994. The Hall–Kier alpha value is -1.52. The van der Waals surface area contributed by atoms with Crippen LogP contribution in [0, 0.1) is 0 Å². The van der Waals surface area contributed by atoms with E-state index < -0.39 is 0 Å². The average molecular weight is 360 g/mol. The van der Waals surface area contributed by atoms with Crippen LogP contribution in [0.1, 0.15) is 17.3 Å². The highest BCUT2D eigenvalue weighted by Crippen LogP contribution is 2.28. The Labute approximate surface area is 136 Å². The van der Waals surface area contributed by atoms with Crippen molar-refractivity contribution in [1.29, 1.82) is 0 Å². The number of H-pyrrole nitrogens is 1. The second-order valence-electron chi connectivity index (χ2n) is 4.85. The van der Waals surface area contributed by atoms with Crippen LogP contribution in [0.2, 0.25) is 0 Å². The van der Waals surface area contributed by atoms with E-state index in [1.54, 1.807) is 11.8 Å². The zero-order valence-corrected chi connectivity index (χ0v) is 13.9. The predicted octanol–water partition coefficient (Wildman–Crippen LogP) is 5.29. The maximum Gasteiger partial charge on any atom is 0.175 e. The SMILES string of the molecule is CC(Sc1cc2ccccc2[nH]1)C(=O)c1ccc(Br)cc1. The van der Waals surface area contributed by atoms with Gasteiger partial charge in [-0.05, 0) is 31.2 Å². The molecule has 1 heterocycles. The Balaban J connectivity index is 1.77. The number of carbonyl (C=O) groups is 1. The van der Waals surface area contributed by atoms with Gasteiger partial charge in [-0.1, -0.05) is 58.0 Å². The number of benzene rings is 2. The number of rotatable bonds is 4. The molecule has 0 aliphatic rings. The number of hydrogen-bond donors (Lipinski definition) is 1. The molecule has 0 radical (unpaired) electrons. The van der Waals surface area contributed by atoms with Crippen LogP contribution in [0.25, 0.3) is 10.9 Å². The third-order valence-electron chi connectivity index (χ3n) is 3.31. The Morgan fingerprint density at radius 2 is 1.86 bits per heavy atom. The van der Waals surface area contributed by atoms with Gasteiger partial charge in [-0.25, -0.2) is 0 Å². The van der Waals surface area contributed by atoms with E-state index in [0.29, 0.717) is 0 Å². The topological polar surface area (TPSA) is 32.9 Å². The van der Waals surface area contributed by atoms with Crippen LogP contribution in [-0.2, 0) is 0 Å². The molecule has 1 aromatic heterocycles. The summed E-state index contributed by atoms with van der Waals surface area (Å²) in [5.74, 6) is 0.145. The second kappa shape index (κ2) is 6.08. The highest BCUT2D eigenvalue weighted by molar-refractivity contribution is 9.10. The summed E-state index contributed by atoms with van der Waals surface area (Å²) in [6, 6.07) is 17.7. The minimum Gasteiger partial charge on any atom is -0.350 e. The minimum absolute atomic E-state index is 0.126. The summed E-state index contributed by atoms with van der Waals surface area (Å²) in [5.41, 5.74) is 1.85. The third-order valence-corrected chi connectivity index (χ3v) is 4.88. The lowest BCUT2D eigenvalue weighted by Crippen LogP contribution is -2.13. The molecule has 106 valence electrons. The van der Waals surface area contributed by atoms with Crippen LogP contribution in [0.5, 0.6) is 0 Å². The molecular formula is C17H14BrNOS. The molecule has 21 heavy (non-hydrogen) atoms. The fourth-order valence-corrected chi connectivity index (χ4v) is 3.46. The summed E-state index contributed by atoms with van der Waals surface area (Å²) in [4.78, 5) is 15.8. The highest BCUT2D eigenvalue weighted by Gasteiger charge is 2.17. The van der Waals surface area contributed by atoms with Crippen molar-refractivity contribution in [2.24, 2.45) is 0 Å². The monoisotopic (exact) mass is 359 g/mol. The summed E-state index contributed by atoms with van der Waals surface area (Å²) in [6.07, 6.45) is 0. The van der Waals surface area contributed by atoms with Crippen molar-refractivity contribution >= 4 is 44.4 Å². The van der Waals surface area contributed by atoms with Crippen molar-refractivity contribution in [2.75, 3.05) is 0 Å². The molecule has 2 nitrogen and oxygen atoms in total. The molecule has 1 N–H and O–H groups in total. The summed E-state index contributed by atoms with van der Waals surface area (Å²) >= 11 is 4.94. The number of nitrogens with one attached hydrogen (secondary N) is 1. The number of para-hydroxylation sites is 1. The molecule has 0 saturated carbocycles. The summed E-state index contributed by atoms with van der Waals surface area (Å²) in [5, 5.41) is 2.07. The Bertz CT molecular complexity index is 746. The standard InChI is InChI=1S/C17H14BrNOS/c1-11(17(20)12-6-8-14(18)9-7-12)21-16-10-13-4-2-3-5-15(13)19-16/h2-11,19H,1H3. The first-order valence-corrected chi connectivity index (χ1v) is 8.35. The van der Waals surface area contributed by atoms with Crippen LogP contribution in [0.4, 0.5) is 0 Å². The molecule has 0 fully saturated rings. The van der Waals surface area contributed by atoms with Gasteiger partial charge in [0.1, 0.15) is 0 Å². The number of thioether (sulfide) groups is 1. The number of carbonyl (C=O) groups excluding carboxylic acids is 1. The molecule has 1 unspecified atom stereocenters. The molecule has 0 spiro atoms. The first kappa shape index (κ1) is 14.4. The maximum atomic E-state index is 12.4. The molecule has 0 aliphatic carbocycles. The minimum atomic E-state index is -0.126. The van der Waals surface area contributed by atoms with E-state index in [1.807, 2.05) is 49.4 Å². The van der Waals surface area contributed by atoms with E-state index in [0.717, 1.165) is 20.6 Å². The zero-order valence-electron chi connectivity index (χ0n) is 11.5. The Kier molecular flexibility index (Phi) is 4.17. The molecular weight excluding hydrogens is 346 g/mol. The summed E-state index contributed by atoms with van der Waals surface area (Å²) in [6.45, 7) is 1.94. The van der Waals surface area contributed by atoms with Crippen molar-refractivity contribution in [3.05, 3.63) is 64.6 Å². The molecule has 4 heteroatoms. The predicted molar refractivity (Wildman–Crippen MR) is 92.1 cm³/mol. The molecule has 3 rings (SSSR count). The van der Waals surface area contributed by atoms with E-state index in [2.05, 4.69) is 33.0 Å². The lowest BCUT2D eigenvalue weighted by atomic mass is 10.1. The number of Topliss-reactive ketones (excluding diaryl/α,β-unsaturated/α-hetero) is 1. The van der Waals surface area contributed by atoms with Gasteiger partial charge in [-0.15, -0.1) is 0 Å². The van der Waals surface area contributed by atoms with E-state index >= 15 is 0 Å². The average Bonchev–Trinajstić information content (AvgIpc) is 2.89. The highest BCUT2D eigenvalue weighted by atomic mass is 79.9. The number of aromatic amines is 1. The van der Waals surface area contributed by atoms with Crippen LogP contribution in [0.3, 0.4) is 0 Å². The molecule has 0 aliphatic heterocycles. The van der Waals surface area contributed by atoms with E-state index in [9.17, 15) is 4.79 Å². The summed E-state index contributed by atoms with van der Waals surface area (Å²) < 4.78 is 0.981. The number of hydrogen-bond acceptors (Lipinski definition) is 2. The first-order chi connectivity index (χ1) is 10.1. The van der Waals surface area contributed by atoms with Gasteiger partial charge in [0.25, 0.3) is 0 Å². The van der Waals surface area contributed by atoms with Gasteiger partial charge >= 0.3 is 0 Å². The van der Waals surface area contributed by atoms with Crippen molar-refractivity contribution in [3.63, 3.8) is 0 Å². The first-order valence-electron chi connectivity index (χ1n) is 6.68. The quantitative estimate of drug-likeness (QED) is 0.506. The molecule has 2 aromatic carbocycles. The molecule has 3 aromatic rings. The second-order valence-corrected chi connectivity index (χ2v) is 7.15. The smallest absolute Gasteiger partial charge is 0.175 e. The van der Waals surface area contributed by atoms with Crippen molar-refractivity contribution in [3.8, 4) is 0 Å². The van der Waals surface area contributed by atoms with Gasteiger partial charge in [-0.2, -0.15) is 0 Å². The van der Waals surface area contributed by atoms with Gasteiger partial charge in [0.05, 0.1) is 10.3 Å². The number of halogens is 1. The van der Waals surface area contributed by atoms with Crippen LogP contribution in [0.15, 0.2) is 64.1 Å². The molecule has 1 atom stereocenters. The van der Waals surface area contributed by atoms with Crippen LogP contribution in [-0.4, -0.2) is 16.0 Å². The summed E-state index contributed by atoms with van der Waals surface area (Å²) in [7, 11) is 0. The number of ketones is 1. The molecule has 0 bridgehead atoms. The molecule has 0 amide bonds. The Morgan fingerprint density at radius 1 is 1.14 bits per heavy atom. The van der Waals surface area contributed by atoms with E-state index in [1.165, 1.54) is 5.39 Å². The maximum absolute atomic E-state index is 12.4. The van der Waals surface area contributed by atoms with Gasteiger partial charge in [0, 0.05) is 20.9 Å². The fraction of sp³-hybridized carbons (Fsp3) is 0.118. The van der Waals surface area contributed by atoms with E-state index in [4.69, 9.17) is 0 Å². The normalized spacial score (nSPS) is 12.5. The van der Waals surface area contributed by atoms with Crippen LogP contribution >= 0.6 is 27.7 Å². The van der Waals surface area contributed by atoms with Crippen molar-refractivity contribution < 1.29 is 4.79 Å². The lowest BCUT2D eigenvalue weighted by Gasteiger charge is -2.09. The van der Waals surface area contributed by atoms with Gasteiger partial charge in [0.15, 0.2) is 5.78 Å². The zero-order chi connectivity index (χ0) is 14.8.